The largest absolute Gasteiger partial charge is 0.352 e. The second kappa shape index (κ2) is 9.44. The van der Waals surface area contributed by atoms with Gasteiger partial charge < -0.3 is 16.0 Å². The van der Waals surface area contributed by atoms with Gasteiger partial charge in [-0.3, -0.25) is 19.3 Å². The monoisotopic (exact) mass is 450 g/mol. The molecule has 1 aliphatic rings. The number of imide groups is 1. The van der Waals surface area contributed by atoms with Crippen molar-refractivity contribution in [2.45, 2.75) is 40.2 Å². The number of carbonyl (C=O) groups excluding carboxylic acids is 4. The summed E-state index contributed by atoms with van der Waals surface area (Å²) in [4.78, 5) is 51.3. The lowest BCUT2D eigenvalue weighted by atomic mass is 9.91. The van der Waals surface area contributed by atoms with E-state index in [1.54, 1.807) is 44.2 Å². The van der Waals surface area contributed by atoms with Gasteiger partial charge in [-0.1, -0.05) is 43.7 Å². The minimum Gasteiger partial charge on any atom is -0.352 e. The van der Waals surface area contributed by atoms with Gasteiger partial charge in [0.25, 0.3) is 11.8 Å². The van der Waals surface area contributed by atoms with Crippen LogP contribution in [0.15, 0.2) is 42.5 Å². The van der Waals surface area contributed by atoms with E-state index in [4.69, 9.17) is 0 Å². The Balaban J connectivity index is 1.67. The van der Waals surface area contributed by atoms with E-state index in [9.17, 15) is 19.2 Å². The SMILES string of the molecule is Cc1ccc(C2(C)NC(=O)N(CC(=O)Nc3ccc(C(=O)NCC(C)C)cc3C)C2=O)cc1. The van der Waals surface area contributed by atoms with Crippen molar-refractivity contribution in [1.82, 2.24) is 15.5 Å². The maximum Gasteiger partial charge on any atom is 0.325 e. The second-order valence-electron chi connectivity index (χ2n) is 8.99. The Kier molecular flexibility index (Phi) is 6.86. The van der Waals surface area contributed by atoms with Crippen molar-refractivity contribution in [2.75, 3.05) is 18.4 Å². The number of carbonyl (C=O) groups is 4. The molecule has 0 radical (unpaired) electrons. The summed E-state index contributed by atoms with van der Waals surface area (Å²) in [5.41, 5.74) is 2.15. The molecule has 1 heterocycles. The van der Waals surface area contributed by atoms with Crippen LogP contribution in [0.4, 0.5) is 10.5 Å². The lowest BCUT2D eigenvalue weighted by Crippen LogP contribution is -2.42. The zero-order valence-electron chi connectivity index (χ0n) is 19.6. The molecule has 1 saturated heterocycles. The first-order chi connectivity index (χ1) is 15.5. The van der Waals surface area contributed by atoms with Gasteiger partial charge in [0.2, 0.25) is 5.91 Å². The minimum atomic E-state index is -1.23. The molecule has 8 nitrogen and oxygen atoms in total. The summed E-state index contributed by atoms with van der Waals surface area (Å²) >= 11 is 0. The van der Waals surface area contributed by atoms with Crippen LogP contribution in [0.2, 0.25) is 0 Å². The van der Waals surface area contributed by atoms with Crippen molar-refractivity contribution in [3.63, 3.8) is 0 Å². The Labute approximate surface area is 193 Å². The molecule has 0 spiro atoms. The Morgan fingerprint density at radius 1 is 1.06 bits per heavy atom. The predicted molar refractivity (Wildman–Crippen MR) is 126 cm³/mol. The van der Waals surface area contributed by atoms with Gasteiger partial charge in [-0.05, 0) is 56.0 Å². The number of benzene rings is 2. The molecule has 33 heavy (non-hydrogen) atoms. The fraction of sp³-hybridized carbons (Fsp3) is 0.360. The average Bonchev–Trinajstić information content (AvgIpc) is 2.97. The lowest BCUT2D eigenvalue weighted by Gasteiger charge is -2.22. The van der Waals surface area contributed by atoms with Crippen molar-refractivity contribution < 1.29 is 19.2 Å². The lowest BCUT2D eigenvalue weighted by molar-refractivity contribution is -0.133. The fourth-order valence-corrected chi connectivity index (χ4v) is 3.60. The molecule has 8 heteroatoms. The number of hydrogen-bond acceptors (Lipinski definition) is 4. The minimum absolute atomic E-state index is 0.181. The zero-order valence-corrected chi connectivity index (χ0v) is 19.6. The maximum absolute atomic E-state index is 13.0. The van der Waals surface area contributed by atoms with E-state index >= 15 is 0 Å². The zero-order chi connectivity index (χ0) is 24.3. The highest BCUT2D eigenvalue weighted by molar-refractivity contribution is 6.10. The van der Waals surface area contributed by atoms with Crippen LogP contribution >= 0.6 is 0 Å². The van der Waals surface area contributed by atoms with Gasteiger partial charge in [-0.15, -0.1) is 0 Å². The maximum atomic E-state index is 13.0. The first-order valence-corrected chi connectivity index (χ1v) is 10.9. The third kappa shape index (κ3) is 5.22. The van der Waals surface area contributed by atoms with Gasteiger partial charge >= 0.3 is 6.03 Å². The molecule has 3 rings (SSSR count). The molecule has 0 bridgehead atoms. The third-order valence-corrected chi connectivity index (χ3v) is 5.64. The molecule has 0 aromatic heterocycles. The second-order valence-corrected chi connectivity index (χ2v) is 8.99. The molecule has 3 N–H and O–H groups in total. The number of nitrogens with one attached hydrogen (secondary N) is 3. The molecule has 1 aliphatic heterocycles. The van der Waals surface area contributed by atoms with E-state index < -0.39 is 29.9 Å². The fourth-order valence-electron chi connectivity index (χ4n) is 3.60. The highest BCUT2D eigenvalue weighted by atomic mass is 16.2. The normalized spacial score (nSPS) is 17.8. The van der Waals surface area contributed by atoms with Crippen LogP contribution in [0.3, 0.4) is 0 Å². The third-order valence-electron chi connectivity index (χ3n) is 5.64. The smallest absolute Gasteiger partial charge is 0.325 e. The van der Waals surface area contributed by atoms with Crippen LogP contribution < -0.4 is 16.0 Å². The molecular weight excluding hydrogens is 420 g/mol. The number of urea groups is 1. The van der Waals surface area contributed by atoms with E-state index in [2.05, 4.69) is 16.0 Å². The summed E-state index contributed by atoms with van der Waals surface area (Å²) in [6.07, 6.45) is 0. The summed E-state index contributed by atoms with van der Waals surface area (Å²) in [7, 11) is 0. The summed E-state index contributed by atoms with van der Waals surface area (Å²) in [6, 6.07) is 11.6. The number of hydrogen-bond donors (Lipinski definition) is 3. The number of rotatable bonds is 7. The molecule has 0 aliphatic carbocycles. The van der Waals surface area contributed by atoms with E-state index in [1.165, 1.54) is 0 Å². The van der Waals surface area contributed by atoms with E-state index in [0.717, 1.165) is 10.5 Å². The van der Waals surface area contributed by atoms with Crippen LogP contribution in [0, 0.1) is 19.8 Å². The van der Waals surface area contributed by atoms with Crippen molar-refractivity contribution in [1.29, 1.82) is 0 Å². The first-order valence-electron chi connectivity index (χ1n) is 10.9. The standard InChI is InChI=1S/C25H30N4O4/c1-15(2)13-26-22(31)18-8-11-20(17(4)12-18)27-21(30)14-29-23(32)25(5,28-24(29)33)19-9-6-16(3)7-10-19/h6-12,15H,13-14H2,1-5H3,(H,26,31)(H,27,30)(H,28,33). The van der Waals surface area contributed by atoms with Gasteiger partial charge in [0.05, 0.1) is 0 Å². The predicted octanol–water partition coefficient (Wildman–Crippen LogP) is 3.09. The molecule has 1 fully saturated rings. The van der Waals surface area contributed by atoms with Crippen LogP contribution in [0.5, 0.6) is 0 Å². The number of nitrogens with zero attached hydrogens (tertiary/aromatic N) is 1. The van der Waals surface area contributed by atoms with Crippen molar-refractivity contribution in [3.8, 4) is 0 Å². The number of anilines is 1. The van der Waals surface area contributed by atoms with Crippen LogP contribution in [0.25, 0.3) is 0 Å². The average molecular weight is 451 g/mol. The van der Waals surface area contributed by atoms with Gasteiger partial charge in [0.15, 0.2) is 0 Å². The summed E-state index contributed by atoms with van der Waals surface area (Å²) in [5, 5.41) is 8.28. The van der Waals surface area contributed by atoms with Crippen LogP contribution in [-0.4, -0.2) is 41.7 Å². The summed E-state index contributed by atoms with van der Waals surface area (Å²) in [6.45, 7) is 9.52. The molecule has 1 unspecified atom stereocenters. The van der Waals surface area contributed by atoms with Crippen molar-refractivity contribution >= 4 is 29.4 Å². The quantitative estimate of drug-likeness (QED) is 0.564. The summed E-state index contributed by atoms with van der Waals surface area (Å²) < 4.78 is 0. The number of amides is 5. The molecule has 0 saturated carbocycles. The highest BCUT2D eigenvalue weighted by Gasteiger charge is 2.49. The van der Waals surface area contributed by atoms with Gasteiger partial charge in [-0.2, -0.15) is 0 Å². The molecule has 1 atom stereocenters. The Hall–Kier alpha value is -3.68. The molecule has 2 aromatic rings. The van der Waals surface area contributed by atoms with Gasteiger partial charge in [0, 0.05) is 17.8 Å². The Bertz CT molecular complexity index is 1090. The Morgan fingerprint density at radius 3 is 2.33 bits per heavy atom. The van der Waals surface area contributed by atoms with Crippen LogP contribution in [0.1, 0.15) is 47.8 Å². The molecule has 2 aromatic carbocycles. The first kappa shape index (κ1) is 24.0. The molecule has 174 valence electrons. The molecule has 5 amide bonds. The highest BCUT2D eigenvalue weighted by Crippen LogP contribution is 2.29. The molecular formula is C25H30N4O4. The van der Waals surface area contributed by atoms with E-state index in [1.807, 2.05) is 32.9 Å². The van der Waals surface area contributed by atoms with Gasteiger partial charge in [-0.25, -0.2) is 4.79 Å². The van der Waals surface area contributed by atoms with Crippen LogP contribution in [-0.2, 0) is 15.1 Å². The van der Waals surface area contributed by atoms with E-state index in [0.29, 0.717) is 34.8 Å². The van der Waals surface area contributed by atoms with E-state index in [-0.39, 0.29) is 5.91 Å². The topological polar surface area (TPSA) is 108 Å². The number of aryl methyl sites for hydroxylation is 2. The Morgan fingerprint density at radius 2 is 1.73 bits per heavy atom. The van der Waals surface area contributed by atoms with Gasteiger partial charge in [0.1, 0.15) is 12.1 Å². The van der Waals surface area contributed by atoms with Crippen molar-refractivity contribution in [2.24, 2.45) is 5.92 Å². The summed E-state index contributed by atoms with van der Waals surface area (Å²) in [5.74, 6) is -0.835. The van der Waals surface area contributed by atoms with Crippen molar-refractivity contribution in [3.05, 3.63) is 64.7 Å².